The molecule has 0 unspecified atom stereocenters. The molecule has 5 nitrogen and oxygen atoms in total. The number of benzene rings is 1. The van der Waals surface area contributed by atoms with E-state index in [2.05, 4.69) is 15.6 Å². The highest BCUT2D eigenvalue weighted by Gasteiger charge is 1.99. The number of hydrogen-bond donors (Lipinski definition) is 3. The van der Waals surface area contributed by atoms with E-state index in [4.69, 9.17) is 5.73 Å². The van der Waals surface area contributed by atoms with E-state index in [0.717, 1.165) is 12.1 Å². The van der Waals surface area contributed by atoms with E-state index < -0.39 is 0 Å². The molecule has 0 bridgehead atoms. The Labute approximate surface area is 131 Å². The van der Waals surface area contributed by atoms with Crippen molar-refractivity contribution in [3.8, 4) is 0 Å². The van der Waals surface area contributed by atoms with E-state index in [1.165, 1.54) is 0 Å². The van der Waals surface area contributed by atoms with Gasteiger partial charge in [-0.15, -0.1) is 24.0 Å². The summed E-state index contributed by atoms with van der Waals surface area (Å²) >= 11 is 0. The highest BCUT2D eigenvalue weighted by molar-refractivity contribution is 14.0. The molecule has 1 aromatic rings. The Kier molecular flexibility index (Phi) is 9.87. The fourth-order valence-electron chi connectivity index (χ4n) is 1.34. The summed E-state index contributed by atoms with van der Waals surface area (Å²) in [5, 5.41) is 5.74. The van der Waals surface area contributed by atoms with Gasteiger partial charge in [0.1, 0.15) is 0 Å². The van der Waals surface area contributed by atoms with Crippen molar-refractivity contribution >= 4 is 41.5 Å². The molecule has 0 saturated carbocycles. The van der Waals surface area contributed by atoms with E-state index in [-0.39, 0.29) is 29.9 Å². The number of amides is 1. The predicted octanol–water partition coefficient (Wildman–Crippen LogP) is 1.95. The molecule has 0 atom stereocenters. The normalized spacial score (nSPS) is 10.5. The molecular formula is C13H21IN4O. The van der Waals surface area contributed by atoms with Gasteiger partial charge < -0.3 is 16.4 Å². The Morgan fingerprint density at radius 3 is 2.63 bits per heavy atom. The SMILES string of the molecule is CCCNC(=O)CCN=C(N)Nc1ccccc1.I. The molecule has 106 valence electrons. The first-order valence-corrected chi connectivity index (χ1v) is 6.11. The summed E-state index contributed by atoms with van der Waals surface area (Å²) in [6.45, 7) is 3.11. The highest BCUT2D eigenvalue weighted by atomic mass is 127. The summed E-state index contributed by atoms with van der Waals surface area (Å²) in [5.41, 5.74) is 6.58. The zero-order chi connectivity index (χ0) is 13.2. The van der Waals surface area contributed by atoms with Crippen LogP contribution in [-0.4, -0.2) is 25.0 Å². The van der Waals surface area contributed by atoms with Crippen LogP contribution in [0.25, 0.3) is 0 Å². The molecule has 4 N–H and O–H groups in total. The number of nitrogens with one attached hydrogen (secondary N) is 2. The third-order valence-electron chi connectivity index (χ3n) is 2.24. The van der Waals surface area contributed by atoms with Crippen LogP contribution < -0.4 is 16.4 Å². The van der Waals surface area contributed by atoms with Crippen molar-refractivity contribution in [2.75, 3.05) is 18.4 Å². The van der Waals surface area contributed by atoms with Crippen LogP contribution >= 0.6 is 24.0 Å². The van der Waals surface area contributed by atoms with Crippen molar-refractivity contribution < 1.29 is 4.79 Å². The Balaban J connectivity index is 0.00000324. The van der Waals surface area contributed by atoms with Crippen LogP contribution in [0.1, 0.15) is 19.8 Å². The van der Waals surface area contributed by atoms with Gasteiger partial charge in [-0.2, -0.15) is 0 Å². The van der Waals surface area contributed by atoms with E-state index in [1.54, 1.807) is 0 Å². The summed E-state index contributed by atoms with van der Waals surface area (Å²) < 4.78 is 0. The lowest BCUT2D eigenvalue weighted by Crippen LogP contribution is -2.26. The molecule has 0 spiro atoms. The van der Waals surface area contributed by atoms with Gasteiger partial charge in [0.15, 0.2) is 5.96 Å². The molecule has 0 aliphatic rings. The maximum absolute atomic E-state index is 11.3. The van der Waals surface area contributed by atoms with Gasteiger partial charge in [-0.25, -0.2) is 0 Å². The van der Waals surface area contributed by atoms with Crippen LogP contribution in [0.15, 0.2) is 35.3 Å². The lowest BCUT2D eigenvalue weighted by atomic mass is 10.3. The molecule has 6 heteroatoms. The zero-order valence-electron chi connectivity index (χ0n) is 11.1. The molecule has 0 aromatic heterocycles. The second kappa shape index (κ2) is 10.6. The fraction of sp³-hybridized carbons (Fsp3) is 0.385. The lowest BCUT2D eigenvalue weighted by molar-refractivity contribution is -0.120. The maximum atomic E-state index is 11.3. The van der Waals surface area contributed by atoms with Crippen LogP contribution in [-0.2, 0) is 4.79 Å². The monoisotopic (exact) mass is 376 g/mol. The van der Waals surface area contributed by atoms with Crippen molar-refractivity contribution in [3.63, 3.8) is 0 Å². The zero-order valence-corrected chi connectivity index (χ0v) is 13.4. The first kappa shape index (κ1) is 17.7. The number of anilines is 1. The topological polar surface area (TPSA) is 79.5 Å². The molecule has 0 radical (unpaired) electrons. The predicted molar refractivity (Wildman–Crippen MR) is 89.9 cm³/mol. The van der Waals surface area contributed by atoms with Gasteiger partial charge in [-0.3, -0.25) is 9.79 Å². The molecule has 1 amide bonds. The van der Waals surface area contributed by atoms with Gasteiger partial charge in [0.25, 0.3) is 0 Å². The van der Waals surface area contributed by atoms with Gasteiger partial charge >= 0.3 is 0 Å². The molecule has 0 saturated heterocycles. The number of para-hydroxylation sites is 1. The molecule has 0 aliphatic carbocycles. The Morgan fingerprint density at radius 2 is 2.00 bits per heavy atom. The second-order valence-corrected chi connectivity index (χ2v) is 3.86. The van der Waals surface area contributed by atoms with E-state index >= 15 is 0 Å². The molecule has 0 fully saturated rings. The first-order chi connectivity index (χ1) is 8.72. The molecule has 19 heavy (non-hydrogen) atoms. The Bertz CT molecular complexity index is 395. The van der Waals surface area contributed by atoms with Crippen molar-refractivity contribution in [2.45, 2.75) is 19.8 Å². The number of aliphatic imine (C=N–C) groups is 1. The van der Waals surface area contributed by atoms with Crippen molar-refractivity contribution in [1.82, 2.24) is 5.32 Å². The number of nitrogens with two attached hydrogens (primary N) is 1. The first-order valence-electron chi connectivity index (χ1n) is 6.11. The number of carbonyl (C=O) groups is 1. The number of carbonyl (C=O) groups excluding carboxylic acids is 1. The van der Waals surface area contributed by atoms with Gasteiger partial charge in [-0.1, -0.05) is 25.1 Å². The van der Waals surface area contributed by atoms with Gasteiger partial charge in [-0.05, 0) is 18.6 Å². The van der Waals surface area contributed by atoms with Crippen LogP contribution in [0.4, 0.5) is 5.69 Å². The van der Waals surface area contributed by atoms with Crippen molar-refractivity contribution in [1.29, 1.82) is 0 Å². The van der Waals surface area contributed by atoms with Crippen LogP contribution in [0.2, 0.25) is 0 Å². The van der Waals surface area contributed by atoms with E-state index in [9.17, 15) is 4.79 Å². The van der Waals surface area contributed by atoms with Crippen LogP contribution in [0.5, 0.6) is 0 Å². The summed E-state index contributed by atoms with van der Waals surface area (Å²) in [7, 11) is 0. The number of nitrogens with zero attached hydrogens (tertiary/aromatic N) is 1. The van der Waals surface area contributed by atoms with Crippen LogP contribution in [0, 0.1) is 0 Å². The van der Waals surface area contributed by atoms with Crippen molar-refractivity contribution in [2.24, 2.45) is 10.7 Å². The van der Waals surface area contributed by atoms with Gasteiger partial charge in [0, 0.05) is 18.7 Å². The number of guanidine groups is 1. The summed E-state index contributed by atoms with van der Waals surface area (Å²) in [6, 6.07) is 9.55. The third-order valence-corrected chi connectivity index (χ3v) is 2.24. The highest BCUT2D eigenvalue weighted by Crippen LogP contribution is 2.03. The number of halogens is 1. The number of hydrogen-bond acceptors (Lipinski definition) is 2. The van der Waals surface area contributed by atoms with Crippen molar-refractivity contribution in [3.05, 3.63) is 30.3 Å². The minimum Gasteiger partial charge on any atom is -0.370 e. The molecular weight excluding hydrogens is 355 g/mol. The quantitative estimate of drug-likeness (QED) is 0.403. The summed E-state index contributed by atoms with van der Waals surface area (Å²) in [6.07, 6.45) is 1.30. The van der Waals surface area contributed by atoms with E-state index in [0.29, 0.717) is 25.5 Å². The minimum absolute atomic E-state index is 0. The average molecular weight is 376 g/mol. The third kappa shape index (κ3) is 8.41. The molecule has 0 aliphatic heterocycles. The van der Waals surface area contributed by atoms with Crippen LogP contribution in [0.3, 0.4) is 0 Å². The second-order valence-electron chi connectivity index (χ2n) is 3.86. The van der Waals surface area contributed by atoms with Gasteiger partial charge in [0.2, 0.25) is 5.91 Å². The molecule has 0 heterocycles. The Hall–Kier alpha value is -1.31. The standard InChI is InChI=1S/C13H20N4O.HI/c1-2-9-15-12(18)8-10-16-13(14)17-11-6-4-3-5-7-11;/h3-7H,2,8-10H2,1H3,(H,15,18)(H3,14,16,17);1H. The van der Waals surface area contributed by atoms with E-state index in [1.807, 2.05) is 37.3 Å². The molecule has 1 aromatic carbocycles. The smallest absolute Gasteiger partial charge is 0.221 e. The lowest BCUT2D eigenvalue weighted by Gasteiger charge is -2.05. The summed E-state index contributed by atoms with van der Waals surface area (Å²) in [4.78, 5) is 15.4. The average Bonchev–Trinajstić information content (AvgIpc) is 2.37. The van der Waals surface area contributed by atoms with Gasteiger partial charge in [0.05, 0.1) is 6.54 Å². The number of rotatable bonds is 6. The molecule has 1 rings (SSSR count). The Morgan fingerprint density at radius 1 is 1.32 bits per heavy atom. The minimum atomic E-state index is 0. The maximum Gasteiger partial charge on any atom is 0.221 e. The largest absolute Gasteiger partial charge is 0.370 e. The summed E-state index contributed by atoms with van der Waals surface area (Å²) in [5.74, 6) is 0.331. The fourth-order valence-corrected chi connectivity index (χ4v) is 1.34.